The van der Waals surface area contributed by atoms with Gasteiger partial charge in [-0.05, 0) is 66.4 Å². The predicted octanol–water partition coefficient (Wildman–Crippen LogP) is 6.14. The van der Waals surface area contributed by atoms with Crippen LogP contribution >= 0.6 is 35.6 Å². The number of carbonyl (C=O) groups is 3. The Hall–Kier alpha value is -3.66. The second-order valence-electron chi connectivity index (χ2n) is 9.00. The third-order valence-corrected chi connectivity index (χ3v) is 7.64. The summed E-state index contributed by atoms with van der Waals surface area (Å²) in [5.41, 5.74) is 7.22. The molecular weight excluding hydrogens is 566 g/mol. The number of carbonyl (C=O) groups excluding carboxylic acids is 3. The number of unbranched alkanes of at least 4 members (excludes halogenated alkanes) is 2. The number of amides is 3. The van der Waals surface area contributed by atoms with Gasteiger partial charge in [0.15, 0.2) is 0 Å². The largest absolute Gasteiger partial charge is 0.489 e. The molecule has 1 fully saturated rings. The molecular formula is C30H28ClN3O4S2. The van der Waals surface area contributed by atoms with Gasteiger partial charge in [-0.3, -0.25) is 30.1 Å². The van der Waals surface area contributed by atoms with Gasteiger partial charge in [0, 0.05) is 23.6 Å². The lowest BCUT2D eigenvalue weighted by Gasteiger charge is -2.14. The molecule has 7 nitrogen and oxygen atoms in total. The molecule has 4 rings (SSSR count). The molecule has 3 amide bonds. The minimum atomic E-state index is -0.413. The summed E-state index contributed by atoms with van der Waals surface area (Å²) in [5.74, 6) is -0.161. The van der Waals surface area contributed by atoms with E-state index in [0.29, 0.717) is 51.6 Å². The molecule has 0 aliphatic carbocycles. The van der Waals surface area contributed by atoms with E-state index < -0.39 is 5.91 Å². The second kappa shape index (κ2) is 14.6. The van der Waals surface area contributed by atoms with E-state index >= 15 is 0 Å². The van der Waals surface area contributed by atoms with Crippen molar-refractivity contribution in [3.63, 3.8) is 0 Å². The molecule has 1 aliphatic heterocycles. The number of rotatable bonds is 11. The average molecular weight is 594 g/mol. The maximum atomic E-state index is 12.7. The zero-order chi connectivity index (χ0) is 28.3. The number of nitrogens with zero attached hydrogens (tertiary/aromatic N) is 1. The molecule has 0 radical (unpaired) electrons. The standard InChI is InChI=1S/C30H28ClN3O4S2/c31-24-14-10-21(11-15-24)19-26-29(37)34(30(39)40-26)18-6-2-5-9-27(35)32-33-28(36)23-12-16-25(17-13-23)38-20-22-7-3-1-4-8-22/h1,3-4,7-8,10-17,19H,2,5-6,9,18,20H2,(H,32,35)(H,33,36). The summed E-state index contributed by atoms with van der Waals surface area (Å²) >= 11 is 12.6. The number of nitrogens with one attached hydrogen (secondary N) is 2. The van der Waals surface area contributed by atoms with Gasteiger partial charge in [0.2, 0.25) is 5.91 Å². The number of hydrogen-bond acceptors (Lipinski definition) is 6. The van der Waals surface area contributed by atoms with Crippen molar-refractivity contribution in [1.29, 1.82) is 0 Å². The van der Waals surface area contributed by atoms with E-state index in [1.54, 1.807) is 41.3 Å². The lowest BCUT2D eigenvalue weighted by atomic mass is 10.2. The van der Waals surface area contributed by atoms with E-state index in [4.69, 9.17) is 28.6 Å². The number of benzene rings is 3. The Morgan fingerprint density at radius 1 is 0.925 bits per heavy atom. The fourth-order valence-electron chi connectivity index (χ4n) is 3.84. The van der Waals surface area contributed by atoms with Crippen molar-refractivity contribution in [2.24, 2.45) is 0 Å². The number of ether oxygens (including phenoxy) is 1. The number of hydrogen-bond donors (Lipinski definition) is 2. The smallest absolute Gasteiger partial charge is 0.269 e. The predicted molar refractivity (Wildman–Crippen MR) is 163 cm³/mol. The van der Waals surface area contributed by atoms with Crippen LogP contribution in [0.25, 0.3) is 6.08 Å². The van der Waals surface area contributed by atoms with Gasteiger partial charge in [-0.1, -0.05) is 84.5 Å². The zero-order valence-electron chi connectivity index (χ0n) is 21.6. The fourth-order valence-corrected chi connectivity index (χ4v) is 5.27. The molecule has 0 bridgehead atoms. The van der Waals surface area contributed by atoms with Crippen LogP contribution in [0.5, 0.6) is 5.75 Å². The number of thiocarbonyl (C=S) groups is 1. The Bertz CT molecular complexity index is 1380. The molecule has 40 heavy (non-hydrogen) atoms. The van der Waals surface area contributed by atoms with E-state index in [2.05, 4.69) is 10.9 Å². The maximum absolute atomic E-state index is 12.7. The molecule has 0 aromatic heterocycles. The lowest BCUT2D eigenvalue weighted by Crippen LogP contribution is -2.41. The molecule has 206 valence electrons. The SMILES string of the molecule is O=C(CCCCCN1C(=O)C(=Cc2ccc(Cl)cc2)SC1=S)NNC(=O)c1ccc(OCc2ccccc2)cc1. The highest BCUT2D eigenvalue weighted by atomic mass is 35.5. The first-order valence-corrected chi connectivity index (χ1v) is 14.4. The molecule has 0 unspecified atom stereocenters. The molecule has 1 aliphatic rings. The normalized spacial score (nSPS) is 13.9. The lowest BCUT2D eigenvalue weighted by molar-refractivity contribution is -0.123. The van der Waals surface area contributed by atoms with Crippen molar-refractivity contribution in [2.45, 2.75) is 32.3 Å². The zero-order valence-corrected chi connectivity index (χ0v) is 24.0. The maximum Gasteiger partial charge on any atom is 0.269 e. The van der Waals surface area contributed by atoms with Crippen LogP contribution in [-0.4, -0.2) is 33.5 Å². The highest BCUT2D eigenvalue weighted by Crippen LogP contribution is 2.33. The number of hydrazine groups is 1. The Kier molecular flexibility index (Phi) is 10.7. The van der Waals surface area contributed by atoms with E-state index in [9.17, 15) is 14.4 Å². The average Bonchev–Trinajstić information content (AvgIpc) is 3.23. The molecule has 0 spiro atoms. The summed E-state index contributed by atoms with van der Waals surface area (Å²) in [5, 5.41) is 0.635. The third kappa shape index (κ3) is 8.67. The van der Waals surface area contributed by atoms with Gasteiger partial charge in [-0.25, -0.2) is 0 Å². The van der Waals surface area contributed by atoms with Gasteiger partial charge in [0.1, 0.15) is 16.7 Å². The van der Waals surface area contributed by atoms with Crippen LogP contribution in [0.3, 0.4) is 0 Å². The topological polar surface area (TPSA) is 87.7 Å². The molecule has 0 saturated carbocycles. The van der Waals surface area contributed by atoms with E-state index in [1.807, 2.05) is 48.5 Å². The van der Waals surface area contributed by atoms with Crippen LogP contribution < -0.4 is 15.6 Å². The highest BCUT2D eigenvalue weighted by molar-refractivity contribution is 8.26. The third-order valence-electron chi connectivity index (χ3n) is 6.01. The van der Waals surface area contributed by atoms with Crippen LogP contribution in [0.2, 0.25) is 5.02 Å². The summed E-state index contributed by atoms with van der Waals surface area (Å²) in [4.78, 5) is 39.4. The summed E-state index contributed by atoms with van der Waals surface area (Å²) in [6.07, 6.45) is 4.12. The minimum Gasteiger partial charge on any atom is -0.489 e. The molecule has 0 atom stereocenters. The molecule has 3 aromatic carbocycles. The van der Waals surface area contributed by atoms with Crippen LogP contribution in [0, 0.1) is 0 Å². The van der Waals surface area contributed by atoms with Crippen molar-refractivity contribution in [3.05, 3.63) is 105 Å². The quantitative estimate of drug-likeness (QED) is 0.120. The summed E-state index contributed by atoms with van der Waals surface area (Å²) in [6.45, 7) is 0.927. The highest BCUT2D eigenvalue weighted by Gasteiger charge is 2.31. The van der Waals surface area contributed by atoms with Gasteiger partial charge in [0.25, 0.3) is 11.8 Å². The molecule has 10 heteroatoms. The first kappa shape index (κ1) is 29.3. The van der Waals surface area contributed by atoms with Crippen molar-refractivity contribution in [3.8, 4) is 5.75 Å². The molecule has 2 N–H and O–H groups in total. The second-order valence-corrected chi connectivity index (χ2v) is 11.1. The van der Waals surface area contributed by atoms with Crippen molar-refractivity contribution >= 4 is 63.7 Å². The Morgan fingerprint density at radius 3 is 2.38 bits per heavy atom. The first-order chi connectivity index (χ1) is 19.4. The van der Waals surface area contributed by atoms with Crippen molar-refractivity contribution in [1.82, 2.24) is 15.8 Å². The van der Waals surface area contributed by atoms with Crippen LogP contribution in [-0.2, 0) is 16.2 Å². The van der Waals surface area contributed by atoms with E-state index in [-0.39, 0.29) is 18.2 Å². The molecule has 1 heterocycles. The fraction of sp³-hybridized carbons (Fsp3) is 0.200. The van der Waals surface area contributed by atoms with Crippen LogP contribution in [0.4, 0.5) is 0 Å². The van der Waals surface area contributed by atoms with Gasteiger partial charge in [-0.2, -0.15) is 0 Å². The van der Waals surface area contributed by atoms with Gasteiger partial charge in [-0.15, -0.1) is 0 Å². The van der Waals surface area contributed by atoms with Crippen molar-refractivity contribution < 1.29 is 19.1 Å². The first-order valence-electron chi connectivity index (χ1n) is 12.8. The summed E-state index contributed by atoms with van der Waals surface area (Å²) in [7, 11) is 0. The molecule has 3 aromatic rings. The minimum absolute atomic E-state index is 0.110. The Labute approximate surface area is 247 Å². The summed E-state index contributed by atoms with van der Waals surface area (Å²) < 4.78 is 6.26. The molecule has 1 saturated heterocycles. The van der Waals surface area contributed by atoms with Crippen molar-refractivity contribution in [2.75, 3.05) is 6.54 Å². The van der Waals surface area contributed by atoms with Gasteiger partial charge < -0.3 is 4.74 Å². The van der Waals surface area contributed by atoms with Crippen LogP contribution in [0.15, 0.2) is 83.8 Å². The number of halogens is 1. The van der Waals surface area contributed by atoms with Gasteiger partial charge >= 0.3 is 0 Å². The van der Waals surface area contributed by atoms with E-state index in [1.165, 1.54) is 11.8 Å². The summed E-state index contributed by atoms with van der Waals surface area (Å²) in [6, 6.07) is 23.7. The Balaban J connectivity index is 1.11. The van der Waals surface area contributed by atoms with Gasteiger partial charge in [0.05, 0.1) is 4.91 Å². The van der Waals surface area contributed by atoms with E-state index in [0.717, 1.165) is 17.5 Å². The monoisotopic (exact) mass is 593 g/mol. The Morgan fingerprint density at radius 2 is 1.65 bits per heavy atom. The van der Waals surface area contributed by atoms with Crippen LogP contribution in [0.1, 0.15) is 47.2 Å². The number of thioether (sulfide) groups is 1.